The van der Waals surface area contributed by atoms with E-state index in [1.54, 1.807) is 0 Å². The normalized spacial score (nSPS) is 29.6. The van der Waals surface area contributed by atoms with E-state index >= 15 is 0 Å². The lowest BCUT2D eigenvalue weighted by Gasteiger charge is -2.37. The minimum absolute atomic E-state index is 0.0136. The van der Waals surface area contributed by atoms with Gasteiger partial charge in [-0.25, -0.2) is 0 Å². The highest BCUT2D eigenvalue weighted by Gasteiger charge is 2.39. The Kier molecular flexibility index (Phi) is 6.34. The van der Waals surface area contributed by atoms with Gasteiger partial charge in [0.15, 0.2) is 0 Å². The van der Waals surface area contributed by atoms with Gasteiger partial charge in [0.25, 0.3) is 0 Å². The summed E-state index contributed by atoms with van der Waals surface area (Å²) >= 11 is 0. The number of carbonyl (C=O) groups is 2. The highest BCUT2D eigenvalue weighted by atomic mass is 16.5. The molecule has 0 radical (unpaired) electrons. The lowest BCUT2D eigenvalue weighted by molar-refractivity contribution is -0.134. The Morgan fingerprint density at radius 1 is 1.08 bits per heavy atom. The standard InChI is InChI=1S/C19H33N3O3/c1-21(15-5-3-2-4-6-15)17(23)13-22-10-7-14(8-11-22)18-16(19(20)24)9-12-25-18/h14-16,18H,2-13H2,1H3,(H2,20,24)/t16-,18+/m0/s1. The quantitative estimate of drug-likeness (QED) is 0.812. The second kappa shape index (κ2) is 8.49. The molecular weight excluding hydrogens is 318 g/mol. The van der Waals surface area contributed by atoms with Gasteiger partial charge in [0.05, 0.1) is 18.6 Å². The van der Waals surface area contributed by atoms with E-state index in [9.17, 15) is 9.59 Å². The number of amides is 2. The number of likely N-dealkylation sites (N-methyl/N-ethyl adjacent to an activating group) is 1. The van der Waals surface area contributed by atoms with E-state index in [0.717, 1.165) is 45.2 Å². The molecule has 3 aliphatic rings. The Morgan fingerprint density at radius 3 is 2.40 bits per heavy atom. The first-order valence-corrected chi connectivity index (χ1v) is 9.95. The smallest absolute Gasteiger partial charge is 0.236 e. The van der Waals surface area contributed by atoms with E-state index in [1.165, 1.54) is 19.3 Å². The van der Waals surface area contributed by atoms with Gasteiger partial charge >= 0.3 is 0 Å². The van der Waals surface area contributed by atoms with Crippen molar-refractivity contribution in [1.29, 1.82) is 0 Å². The summed E-state index contributed by atoms with van der Waals surface area (Å²) in [4.78, 5) is 28.4. The average molecular weight is 351 g/mol. The van der Waals surface area contributed by atoms with Crippen molar-refractivity contribution in [3.8, 4) is 0 Å². The van der Waals surface area contributed by atoms with Crippen LogP contribution in [0.25, 0.3) is 0 Å². The van der Waals surface area contributed by atoms with Crippen LogP contribution < -0.4 is 5.73 Å². The molecule has 6 nitrogen and oxygen atoms in total. The topological polar surface area (TPSA) is 75.9 Å². The van der Waals surface area contributed by atoms with Crippen molar-refractivity contribution in [2.24, 2.45) is 17.6 Å². The van der Waals surface area contributed by atoms with Gasteiger partial charge in [-0.2, -0.15) is 0 Å². The molecule has 1 aliphatic carbocycles. The number of likely N-dealkylation sites (tertiary alicyclic amines) is 1. The largest absolute Gasteiger partial charge is 0.377 e. The van der Waals surface area contributed by atoms with E-state index in [-0.39, 0.29) is 23.8 Å². The number of piperidine rings is 1. The zero-order valence-corrected chi connectivity index (χ0v) is 15.5. The van der Waals surface area contributed by atoms with Crippen LogP contribution in [-0.2, 0) is 14.3 Å². The minimum atomic E-state index is -0.228. The first-order valence-electron chi connectivity index (χ1n) is 9.95. The molecule has 2 atom stereocenters. The van der Waals surface area contributed by atoms with Crippen molar-refractivity contribution in [3.63, 3.8) is 0 Å². The monoisotopic (exact) mass is 351 g/mol. The third kappa shape index (κ3) is 4.53. The summed E-state index contributed by atoms with van der Waals surface area (Å²) in [5.41, 5.74) is 5.51. The van der Waals surface area contributed by atoms with Crippen molar-refractivity contribution < 1.29 is 14.3 Å². The second-order valence-electron chi connectivity index (χ2n) is 8.04. The number of rotatable bonds is 5. The lowest BCUT2D eigenvalue weighted by Crippen LogP contribution is -2.47. The number of ether oxygens (including phenoxy) is 1. The molecule has 0 unspecified atom stereocenters. The number of hydrogen-bond donors (Lipinski definition) is 1. The van der Waals surface area contributed by atoms with Crippen LogP contribution in [0.5, 0.6) is 0 Å². The Hall–Kier alpha value is -1.14. The summed E-state index contributed by atoms with van der Waals surface area (Å²) in [6, 6.07) is 0.432. The van der Waals surface area contributed by atoms with Gasteiger partial charge in [-0.15, -0.1) is 0 Å². The minimum Gasteiger partial charge on any atom is -0.377 e. The van der Waals surface area contributed by atoms with E-state index in [4.69, 9.17) is 10.5 Å². The maximum absolute atomic E-state index is 12.6. The Morgan fingerprint density at radius 2 is 1.76 bits per heavy atom. The summed E-state index contributed by atoms with van der Waals surface area (Å²) < 4.78 is 5.81. The molecule has 0 aromatic heterocycles. The summed E-state index contributed by atoms with van der Waals surface area (Å²) in [7, 11) is 1.97. The molecule has 2 N–H and O–H groups in total. The third-order valence-electron chi connectivity index (χ3n) is 6.47. The SMILES string of the molecule is CN(C(=O)CN1CCC([C@H]2OCC[C@@H]2C(N)=O)CC1)C1CCCCC1. The second-order valence-corrected chi connectivity index (χ2v) is 8.04. The van der Waals surface area contributed by atoms with Crippen molar-refractivity contribution >= 4 is 11.8 Å². The third-order valence-corrected chi connectivity index (χ3v) is 6.47. The van der Waals surface area contributed by atoms with E-state index < -0.39 is 0 Å². The van der Waals surface area contributed by atoms with Crippen LogP contribution in [0.1, 0.15) is 51.4 Å². The predicted octanol–water partition coefficient (Wildman–Crippen LogP) is 1.38. The average Bonchev–Trinajstić information content (AvgIpc) is 3.12. The highest BCUT2D eigenvalue weighted by molar-refractivity contribution is 5.78. The number of nitrogens with zero attached hydrogens (tertiary/aromatic N) is 2. The van der Waals surface area contributed by atoms with Crippen LogP contribution in [0.2, 0.25) is 0 Å². The molecule has 25 heavy (non-hydrogen) atoms. The van der Waals surface area contributed by atoms with Gasteiger partial charge in [0, 0.05) is 19.7 Å². The van der Waals surface area contributed by atoms with E-state index in [0.29, 0.717) is 25.1 Å². The van der Waals surface area contributed by atoms with Crippen LogP contribution in [0.15, 0.2) is 0 Å². The van der Waals surface area contributed by atoms with Crippen molar-refractivity contribution in [3.05, 3.63) is 0 Å². The van der Waals surface area contributed by atoms with Crippen LogP contribution in [0.3, 0.4) is 0 Å². The van der Waals surface area contributed by atoms with E-state index in [2.05, 4.69) is 4.90 Å². The Labute approximate surface area is 151 Å². The van der Waals surface area contributed by atoms with Gasteiger partial charge in [-0.3, -0.25) is 14.5 Å². The first-order chi connectivity index (χ1) is 12.1. The molecule has 0 spiro atoms. The predicted molar refractivity (Wildman–Crippen MR) is 95.8 cm³/mol. The van der Waals surface area contributed by atoms with Gasteiger partial charge in [0.1, 0.15) is 0 Å². The number of nitrogens with two attached hydrogens (primary N) is 1. The van der Waals surface area contributed by atoms with Crippen LogP contribution in [0.4, 0.5) is 0 Å². The zero-order valence-electron chi connectivity index (χ0n) is 15.5. The first kappa shape index (κ1) is 18.6. The molecule has 3 fully saturated rings. The van der Waals surface area contributed by atoms with Crippen LogP contribution in [-0.4, -0.2) is 67.0 Å². The molecule has 6 heteroatoms. The Bertz CT molecular complexity index is 471. The van der Waals surface area contributed by atoms with Gasteiger partial charge < -0.3 is 15.4 Å². The molecule has 3 rings (SSSR count). The Balaban J connectivity index is 1.44. The van der Waals surface area contributed by atoms with Crippen molar-refractivity contribution in [1.82, 2.24) is 9.80 Å². The molecule has 2 heterocycles. The fourth-order valence-corrected chi connectivity index (χ4v) is 4.79. The maximum atomic E-state index is 12.6. The fourth-order valence-electron chi connectivity index (χ4n) is 4.79. The molecule has 1 saturated carbocycles. The molecule has 0 aromatic rings. The van der Waals surface area contributed by atoms with Gasteiger partial charge in [-0.05, 0) is 51.1 Å². The molecule has 2 amide bonds. The molecule has 0 aromatic carbocycles. The molecule has 2 aliphatic heterocycles. The summed E-state index contributed by atoms with van der Waals surface area (Å²) in [6.07, 6.45) is 8.80. The van der Waals surface area contributed by atoms with Crippen molar-refractivity contribution in [2.75, 3.05) is 33.3 Å². The maximum Gasteiger partial charge on any atom is 0.236 e. The molecule has 142 valence electrons. The van der Waals surface area contributed by atoms with Gasteiger partial charge in [-0.1, -0.05) is 19.3 Å². The lowest BCUT2D eigenvalue weighted by atomic mass is 9.84. The van der Waals surface area contributed by atoms with Crippen LogP contribution >= 0.6 is 0 Å². The summed E-state index contributed by atoms with van der Waals surface area (Å²) in [6.45, 7) is 2.97. The van der Waals surface area contributed by atoms with Gasteiger partial charge in [0.2, 0.25) is 11.8 Å². The van der Waals surface area contributed by atoms with Crippen molar-refractivity contribution in [2.45, 2.75) is 63.5 Å². The zero-order chi connectivity index (χ0) is 17.8. The summed E-state index contributed by atoms with van der Waals surface area (Å²) in [5, 5.41) is 0. The molecule has 0 bridgehead atoms. The van der Waals surface area contributed by atoms with E-state index in [1.807, 2.05) is 11.9 Å². The number of primary amides is 1. The fraction of sp³-hybridized carbons (Fsp3) is 0.895. The number of hydrogen-bond acceptors (Lipinski definition) is 4. The number of carbonyl (C=O) groups excluding carboxylic acids is 2. The molecular formula is C19H33N3O3. The molecule has 2 saturated heterocycles. The summed E-state index contributed by atoms with van der Waals surface area (Å²) in [5.74, 6) is 0.282. The highest BCUT2D eigenvalue weighted by Crippen LogP contribution is 2.33. The van der Waals surface area contributed by atoms with Crippen LogP contribution in [0, 0.1) is 11.8 Å².